The summed E-state index contributed by atoms with van der Waals surface area (Å²) in [5.74, 6) is 3.98. The summed E-state index contributed by atoms with van der Waals surface area (Å²) >= 11 is 0. The van der Waals surface area contributed by atoms with Crippen LogP contribution in [0, 0.1) is 48.1 Å². The lowest BCUT2D eigenvalue weighted by atomic mass is 9.99. The van der Waals surface area contributed by atoms with Gasteiger partial charge in [0.15, 0.2) is 5.82 Å². The Labute approximate surface area is 214 Å². The number of hydrogen-bond acceptors (Lipinski definition) is 0. The second-order valence-corrected chi connectivity index (χ2v) is 8.74. The summed E-state index contributed by atoms with van der Waals surface area (Å²) in [7, 11) is 0. The molecule has 186 valence electrons. The van der Waals surface area contributed by atoms with Crippen LogP contribution in [0.5, 0.6) is 0 Å². The summed E-state index contributed by atoms with van der Waals surface area (Å²) in [6.07, 6.45) is -4.95. The fourth-order valence-electron chi connectivity index (χ4n) is 4.17. The quantitative estimate of drug-likeness (QED) is 0.155. The smallest absolute Gasteiger partial charge is 0.206 e. The van der Waals surface area contributed by atoms with Crippen molar-refractivity contribution in [2.45, 2.75) is 13.1 Å². The molecular weight excluding hydrogens is 498 g/mol. The highest BCUT2D eigenvalue weighted by Crippen LogP contribution is 2.28. The summed E-state index contributed by atoms with van der Waals surface area (Å²) in [5, 5.41) is 1.45. The SMILES string of the molecule is Cc1ccc2cc(-c3ccc(C#Cc4cc(F)c5c(F)c(C#CC(F)(F)F)c(F)cc5c4)cc3)ccc2c1. The van der Waals surface area contributed by atoms with Crippen molar-refractivity contribution in [2.75, 3.05) is 0 Å². The number of fused-ring (bicyclic) bond motifs is 2. The molecule has 0 bridgehead atoms. The molecule has 0 saturated carbocycles. The molecule has 5 aromatic rings. The van der Waals surface area contributed by atoms with Crippen LogP contribution in [0.3, 0.4) is 0 Å². The molecule has 5 rings (SSSR count). The largest absolute Gasteiger partial charge is 0.458 e. The van der Waals surface area contributed by atoms with E-state index in [2.05, 4.69) is 42.2 Å². The van der Waals surface area contributed by atoms with Gasteiger partial charge in [-0.05, 0) is 70.6 Å². The molecule has 0 aliphatic rings. The molecule has 0 nitrogen and oxygen atoms in total. The first-order valence-corrected chi connectivity index (χ1v) is 11.4. The first kappa shape index (κ1) is 25.0. The zero-order valence-corrected chi connectivity index (χ0v) is 19.8. The third-order valence-electron chi connectivity index (χ3n) is 5.98. The molecule has 0 saturated heterocycles. The summed E-state index contributed by atoms with van der Waals surface area (Å²) in [6, 6.07) is 22.9. The van der Waals surface area contributed by atoms with Crippen LogP contribution in [0.2, 0.25) is 0 Å². The molecule has 0 N–H and O–H groups in total. The van der Waals surface area contributed by atoms with Gasteiger partial charge < -0.3 is 0 Å². The van der Waals surface area contributed by atoms with E-state index in [1.807, 2.05) is 37.3 Å². The first-order valence-electron chi connectivity index (χ1n) is 11.4. The van der Waals surface area contributed by atoms with Crippen LogP contribution < -0.4 is 0 Å². The summed E-state index contributed by atoms with van der Waals surface area (Å²) in [6.45, 7) is 2.05. The van der Waals surface area contributed by atoms with Crippen LogP contribution in [0.4, 0.5) is 26.3 Å². The van der Waals surface area contributed by atoms with Crippen LogP contribution in [0.25, 0.3) is 32.7 Å². The standard InChI is InChI=1S/C32H16F6/c1-19-2-7-25-17-24(11-10-23(25)14-19)22-8-5-20(6-9-22)3-4-21-15-26-18-28(33)27(12-13-32(36,37)38)31(35)30(26)29(34)16-21/h2,5-11,14-18H,1H3. The molecule has 0 spiro atoms. The average molecular weight is 514 g/mol. The lowest BCUT2D eigenvalue weighted by Gasteiger charge is -2.06. The number of alkyl halides is 3. The van der Waals surface area contributed by atoms with Crippen LogP contribution in [-0.4, -0.2) is 6.18 Å². The number of hydrogen-bond donors (Lipinski definition) is 0. The Morgan fingerprint density at radius 2 is 1.24 bits per heavy atom. The van der Waals surface area contributed by atoms with E-state index < -0.39 is 34.6 Å². The fourth-order valence-corrected chi connectivity index (χ4v) is 4.17. The zero-order chi connectivity index (χ0) is 27.0. The van der Waals surface area contributed by atoms with Crippen molar-refractivity contribution in [3.8, 4) is 34.8 Å². The van der Waals surface area contributed by atoms with Gasteiger partial charge in [0.2, 0.25) is 0 Å². The van der Waals surface area contributed by atoms with Gasteiger partial charge in [0.1, 0.15) is 11.6 Å². The van der Waals surface area contributed by atoms with E-state index in [1.165, 1.54) is 17.6 Å². The highest BCUT2D eigenvalue weighted by molar-refractivity contribution is 5.88. The van der Waals surface area contributed by atoms with Crippen molar-refractivity contribution in [2.24, 2.45) is 0 Å². The van der Waals surface area contributed by atoms with Crippen LogP contribution >= 0.6 is 0 Å². The van der Waals surface area contributed by atoms with E-state index in [0.29, 0.717) is 5.56 Å². The minimum atomic E-state index is -4.95. The Bertz CT molecular complexity index is 1840. The lowest BCUT2D eigenvalue weighted by Crippen LogP contribution is -2.03. The molecule has 38 heavy (non-hydrogen) atoms. The van der Waals surface area contributed by atoms with Gasteiger partial charge in [0.05, 0.1) is 10.9 Å². The predicted octanol–water partition coefficient (Wildman–Crippen LogP) is 8.70. The van der Waals surface area contributed by atoms with Crippen LogP contribution in [0.15, 0.2) is 78.9 Å². The van der Waals surface area contributed by atoms with Gasteiger partial charge in [-0.15, -0.1) is 0 Å². The monoisotopic (exact) mass is 514 g/mol. The van der Waals surface area contributed by atoms with Crippen molar-refractivity contribution in [3.05, 3.63) is 119 Å². The van der Waals surface area contributed by atoms with E-state index in [0.717, 1.165) is 40.0 Å². The van der Waals surface area contributed by atoms with E-state index >= 15 is 0 Å². The molecule has 0 radical (unpaired) electrons. The molecule has 0 aromatic heterocycles. The van der Waals surface area contributed by atoms with Gasteiger partial charge in [-0.1, -0.05) is 65.8 Å². The molecule has 6 heteroatoms. The van der Waals surface area contributed by atoms with Crippen LogP contribution in [-0.2, 0) is 0 Å². The maximum Gasteiger partial charge on any atom is 0.458 e. The number of halogens is 6. The Kier molecular flexibility index (Phi) is 6.35. The van der Waals surface area contributed by atoms with Crippen LogP contribution in [0.1, 0.15) is 22.3 Å². The van der Waals surface area contributed by atoms with Crippen molar-refractivity contribution < 1.29 is 26.3 Å². The summed E-state index contributed by atoms with van der Waals surface area (Å²) in [4.78, 5) is 0. The molecule has 0 fully saturated rings. The van der Waals surface area contributed by atoms with Gasteiger partial charge in [0.25, 0.3) is 0 Å². The second-order valence-electron chi connectivity index (χ2n) is 8.74. The van der Waals surface area contributed by atoms with Gasteiger partial charge in [-0.2, -0.15) is 13.2 Å². The molecule has 0 heterocycles. The average Bonchev–Trinajstić information content (AvgIpc) is 2.86. The van der Waals surface area contributed by atoms with E-state index in [-0.39, 0.29) is 10.9 Å². The van der Waals surface area contributed by atoms with Gasteiger partial charge in [-0.3, -0.25) is 0 Å². The van der Waals surface area contributed by atoms with Gasteiger partial charge in [-0.25, -0.2) is 13.2 Å². The maximum absolute atomic E-state index is 14.7. The summed E-state index contributed by atoms with van der Waals surface area (Å²) in [5.41, 5.74) is 2.87. The van der Waals surface area contributed by atoms with E-state index in [4.69, 9.17) is 0 Å². The van der Waals surface area contributed by atoms with Crippen molar-refractivity contribution in [1.82, 2.24) is 0 Å². The van der Waals surface area contributed by atoms with Gasteiger partial charge in [0, 0.05) is 17.0 Å². The molecule has 0 unspecified atom stereocenters. The molecule has 0 amide bonds. The topological polar surface area (TPSA) is 0 Å². The zero-order valence-electron chi connectivity index (χ0n) is 19.8. The number of benzene rings is 5. The van der Waals surface area contributed by atoms with E-state index in [9.17, 15) is 26.3 Å². The Balaban J connectivity index is 1.44. The Hall–Kier alpha value is -4.68. The van der Waals surface area contributed by atoms with Crippen molar-refractivity contribution in [1.29, 1.82) is 0 Å². The van der Waals surface area contributed by atoms with Gasteiger partial charge >= 0.3 is 6.18 Å². The lowest BCUT2D eigenvalue weighted by molar-refractivity contribution is -0.0696. The third-order valence-corrected chi connectivity index (χ3v) is 5.98. The molecular formula is C32H16F6. The minimum Gasteiger partial charge on any atom is -0.206 e. The first-order chi connectivity index (χ1) is 18.1. The third kappa shape index (κ3) is 5.21. The second kappa shape index (κ2) is 9.65. The summed E-state index contributed by atoms with van der Waals surface area (Å²) < 4.78 is 80.7. The molecule has 0 aliphatic carbocycles. The van der Waals surface area contributed by atoms with Crippen molar-refractivity contribution >= 4 is 21.5 Å². The number of rotatable bonds is 1. The van der Waals surface area contributed by atoms with Crippen molar-refractivity contribution in [3.63, 3.8) is 0 Å². The highest BCUT2D eigenvalue weighted by Gasteiger charge is 2.24. The molecule has 0 atom stereocenters. The van der Waals surface area contributed by atoms with E-state index in [1.54, 1.807) is 0 Å². The highest BCUT2D eigenvalue weighted by atomic mass is 19.4. The molecule has 0 aliphatic heterocycles. The maximum atomic E-state index is 14.7. The number of aryl methyl sites for hydroxylation is 1. The normalized spacial score (nSPS) is 11.1. The molecule has 5 aromatic carbocycles. The minimum absolute atomic E-state index is 0.150. The fraction of sp³-hybridized carbons (Fsp3) is 0.0625. The Morgan fingerprint density at radius 3 is 1.97 bits per heavy atom. The Morgan fingerprint density at radius 1 is 0.579 bits per heavy atom. The predicted molar refractivity (Wildman–Crippen MR) is 137 cm³/mol.